The lowest BCUT2D eigenvalue weighted by Crippen LogP contribution is -2.13. The number of nitrogens with zero attached hydrogens (tertiary/aromatic N) is 2. The first-order valence-electron chi connectivity index (χ1n) is 9.97. The summed E-state index contributed by atoms with van der Waals surface area (Å²) in [4.78, 5) is 12.8. The molecule has 6 heteroatoms. The molecule has 1 aromatic heterocycles. The highest BCUT2D eigenvalue weighted by Crippen LogP contribution is 2.29. The van der Waals surface area contributed by atoms with Gasteiger partial charge in [-0.3, -0.25) is 4.79 Å². The summed E-state index contributed by atoms with van der Waals surface area (Å²) in [5.41, 5.74) is 4.48. The molecular weight excluding hydrogens is 441 g/mol. The number of para-hydroxylation sites is 1. The Bertz CT molecular complexity index is 1380. The van der Waals surface area contributed by atoms with Gasteiger partial charge in [0.25, 0.3) is 5.91 Å². The van der Waals surface area contributed by atoms with Crippen molar-refractivity contribution in [2.75, 3.05) is 5.32 Å². The highest BCUT2D eigenvalue weighted by molar-refractivity contribution is 6.31. The molecule has 0 bridgehead atoms. The molecule has 1 heterocycles. The second kappa shape index (κ2) is 9.32. The number of aromatic nitrogens is 1. The van der Waals surface area contributed by atoms with E-state index in [9.17, 15) is 10.1 Å². The summed E-state index contributed by atoms with van der Waals surface area (Å²) >= 11 is 12.0. The standard InChI is InChI=1S/C26H19Cl2N3O/c1-17-24(13-19(15-29)26(32)30-22-6-4-5-21(28)14-22)23-7-2-3-8-25(23)31(17)16-18-9-11-20(27)12-10-18/h2-14H,16H2,1H3,(H,30,32). The fraction of sp³-hybridized carbons (Fsp3) is 0.0769. The van der Waals surface area contributed by atoms with E-state index in [-0.39, 0.29) is 5.57 Å². The summed E-state index contributed by atoms with van der Waals surface area (Å²) in [7, 11) is 0. The Balaban J connectivity index is 1.73. The zero-order valence-corrected chi connectivity index (χ0v) is 18.8. The average Bonchev–Trinajstić information content (AvgIpc) is 3.04. The van der Waals surface area contributed by atoms with Crippen molar-refractivity contribution >= 4 is 51.8 Å². The summed E-state index contributed by atoms with van der Waals surface area (Å²) < 4.78 is 2.17. The van der Waals surface area contributed by atoms with Crippen molar-refractivity contribution in [1.82, 2.24) is 4.57 Å². The van der Waals surface area contributed by atoms with Gasteiger partial charge in [0.05, 0.1) is 0 Å². The molecule has 0 radical (unpaired) electrons. The predicted octanol–water partition coefficient (Wildman–Crippen LogP) is 6.85. The van der Waals surface area contributed by atoms with Crippen LogP contribution in [0.25, 0.3) is 17.0 Å². The molecule has 0 spiro atoms. The molecule has 4 nitrogen and oxygen atoms in total. The predicted molar refractivity (Wildman–Crippen MR) is 131 cm³/mol. The molecule has 0 atom stereocenters. The third kappa shape index (κ3) is 4.55. The quantitative estimate of drug-likeness (QED) is 0.262. The molecule has 0 aliphatic carbocycles. The molecule has 0 saturated heterocycles. The first-order valence-corrected chi connectivity index (χ1v) is 10.7. The van der Waals surface area contributed by atoms with Crippen LogP contribution < -0.4 is 5.32 Å². The molecule has 0 fully saturated rings. The number of benzene rings is 3. The Kier molecular flexibility index (Phi) is 6.32. The van der Waals surface area contributed by atoms with E-state index in [1.807, 2.05) is 61.5 Å². The summed E-state index contributed by atoms with van der Waals surface area (Å²) in [5.74, 6) is -0.483. The molecule has 32 heavy (non-hydrogen) atoms. The number of carbonyl (C=O) groups excluding carboxylic acids is 1. The molecule has 4 aromatic rings. The Labute approximate surface area is 196 Å². The number of hydrogen-bond acceptors (Lipinski definition) is 2. The second-order valence-corrected chi connectivity index (χ2v) is 8.24. The zero-order valence-electron chi connectivity index (χ0n) is 17.3. The summed E-state index contributed by atoms with van der Waals surface area (Å²) in [5, 5.41) is 14.6. The van der Waals surface area contributed by atoms with Gasteiger partial charge in [-0.25, -0.2) is 0 Å². The molecule has 4 rings (SSSR count). The van der Waals surface area contributed by atoms with Crippen molar-refractivity contribution in [3.05, 3.63) is 105 Å². The van der Waals surface area contributed by atoms with Gasteiger partial charge in [-0.2, -0.15) is 5.26 Å². The average molecular weight is 460 g/mol. The SMILES string of the molecule is Cc1c(C=C(C#N)C(=O)Nc2cccc(Cl)c2)c2ccccc2n1Cc1ccc(Cl)cc1. The van der Waals surface area contributed by atoms with Crippen LogP contribution in [0.15, 0.2) is 78.4 Å². The minimum Gasteiger partial charge on any atom is -0.340 e. The lowest BCUT2D eigenvalue weighted by Gasteiger charge is -2.09. The van der Waals surface area contributed by atoms with Gasteiger partial charge in [-0.15, -0.1) is 0 Å². The molecule has 158 valence electrons. The number of nitriles is 1. The number of amides is 1. The van der Waals surface area contributed by atoms with Crippen LogP contribution in [0.3, 0.4) is 0 Å². The molecule has 1 amide bonds. The molecule has 0 unspecified atom stereocenters. The molecule has 0 saturated carbocycles. The molecular formula is C26H19Cl2N3O. The Hall–Kier alpha value is -3.52. The number of halogens is 2. The van der Waals surface area contributed by atoms with E-state index in [2.05, 4.69) is 9.88 Å². The summed E-state index contributed by atoms with van der Waals surface area (Å²) in [6, 6.07) is 24.5. The zero-order chi connectivity index (χ0) is 22.7. The van der Waals surface area contributed by atoms with Crippen LogP contribution in [-0.4, -0.2) is 10.5 Å². The maximum absolute atomic E-state index is 12.8. The van der Waals surface area contributed by atoms with Gasteiger partial charge in [-0.05, 0) is 55.0 Å². The first kappa shape index (κ1) is 21.7. The van der Waals surface area contributed by atoms with E-state index >= 15 is 0 Å². The maximum atomic E-state index is 12.8. The number of fused-ring (bicyclic) bond motifs is 1. The van der Waals surface area contributed by atoms with Crippen molar-refractivity contribution in [1.29, 1.82) is 5.26 Å². The van der Waals surface area contributed by atoms with Crippen molar-refractivity contribution in [2.24, 2.45) is 0 Å². The minimum absolute atomic E-state index is 0.0162. The van der Waals surface area contributed by atoms with Crippen molar-refractivity contribution < 1.29 is 4.79 Å². The van der Waals surface area contributed by atoms with Gasteiger partial charge in [0, 0.05) is 44.4 Å². The van der Waals surface area contributed by atoms with Gasteiger partial charge in [0.15, 0.2) is 0 Å². The second-order valence-electron chi connectivity index (χ2n) is 7.36. The van der Waals surface area contributed by atoms with E-state index in [0.717, 1.165) is 27.7 Å². The van der Waals surface area contributed by atoms with E-state index in [0.29, 0.717) is 22.3 Å². The monoisotopic (exact) mass is 459 g/mol. The van der Waals surface area contributed by atoms with Crippen LogP contribution >= 0.6 is 23.2 Å². The van der Waals surface area contributed by atoms with Gasteiger partial charge >= 0.3 is 0 Å². The maximum Gasteiger partial charge on any atom is 0.266 e. The van der Waals surface area contributed by atoms with Crippen molar-refractivity contribution in [3.8, 4) is 6.07 Å². The minimum atomic E-state index is -0.483. The number of carbonyl (C=O) groups is 1. The Morgan fingerprint density at radius 1 is 1.03 bits per heavy atom. The van der Waals surface area contributed by atoms with Crippen LogP contribution in [0.5, 0.6) is 0 Å². The van der Waals surface area contributed by atoms with Gasteiger partial charge in [-0.1, -0.05) is 59.6 Å². The fourth-order valence-corrected chi connectivity index (χ4v) is 3.99. The smallest absolute Gasteiger partial charge is 0.266 e. The topological polar surface area (TPSA) is 57.8 Å². The highest BCUT2D eigenvalue weighted by atomic mass is 35.5. The fourth-order valence-electron chi connectivity index (χ4n) is 3.67. The van der Waals surface area contributed by atoms with E-state index < -0.39 is 5.91 Å². The Morgan fingerprint density at radius 3 is 2.50 bits per heavy atom. The Morgan fingerprint density at radius 2 is 1.78 bits per heavy atom. The molecule has 0 aliphatic heterocycles. The van der Waals surface area contributed by atoms with Crippen LogP contribution in [0.2, 0.25) is 10.0 Å². The molecule has 0 aliphatic rings. The third-order valence-electron chi connectivity index (χ3n) is 5.27. The summed E-state index contributed by atoms with van der Waals surface area (Å²) in [6.45, 7) is 2.64. The lowest BCUT2D eigenvalue weighted by molar-refractivity contribution is -0.112. The number of anilines is 1. The number of hydrogen-bond donors (Lipinski definition) is 1. The van der Waals surface area contributed by atoms with Crippen molar-refractivity contribution in [2.45, 2.75) is 13.5 Å². The number of nitrogens with one attached hydrogen (secondary N) is 1. The highest BCUT2D eigenvalue weighted by Gasteiger charge is 2.16. The number of rotatable bonds is 5. The normalized spacial score (nSPS) is 11.4. The molecule has 3 aromatic carbocycles. The third-order valence-corrected chi connectivity index (χ3v) is 5.76. The first-order chi connectivity index (χ1) is 15.5. The van der Waals surface area contributed by atoms with Crippen LogP contribution in [0.4, 0.5) is 5.69 Å². The van der Waals surface area contributed by atoms with Gasteiger partial charge in [0.2, 0.25) is 0 Å². The summed E-state index contributed by atoms with van der Waals surface area (Å²) in [6.07, 6.45) is 1.65. The van der Waals surface area contributed by atoms with Crippen LogP contribution in [0, 0.1) is 18.3 Å². The van der Waals surface area contributed by atoms with E-state index in [1.54, 1.807) is 30.3 Å². The van der Waals surface area contributed by atoms with Crippen LogP contribution in [-0.2, 0) is 11.3 Å². The van der Waals surface area contributed by atoms with Gasteiger partial charge < -0.3 is 9.88 Å². The van der Waals surface area contributed by atoms with Crippen LogP contribution in [0.1, 0.15) is 16.8 Å². The van der Waals surface area contributed by atoms with E-state index in [1.165, 1.54) is 0 Å². The largest absolute Gasteiger partial charge is 0.340 e. The van der Waals surface area contributed by atoms with E-state index in [4.69, 9.17) is 23.2 Å². The lowest BCUT2D eigenvalue weighted by atomic mass is 10.1. The van der Waals surface area contributed by atoms with Crippen molar-refractivity contribution in [3.63, 3.8) is 0 Å². The molecule has 1 N–H and O–H groups in total. The van der Waals surface area contributed by atoms with Gasteiger partial charge in [0.1, 0.15) is 11.6 Å².